The van der Waals surface area contributed by atoms with Crippen LogP contribution in [0.2, 0.25) is 0 Å². The Labute approximate surface area is 83.6 Å². The van der Waals surface area contributed by atoms with Gasteiger partial charge in [0.05, 0.1) is 0 Å². The van der Waals surface area contributed by atoms with Crippen LogP contribution in [0.4, 0.5) is 0 Å². The summed E-state index contributed by atoms with van der Waals surface area (Å²) in [6, 6.07) is 5.72. The minimum absolute atomic E-state index is 0. The fourth-order valence-electron chi connectivity index (χ4n) is 0.313. The van der Waals surface area contributed by atoms with Crippen molar-refractivity contribution in [3.63, 3.8) is 0 Å². The summed E-state index contributed by atoms with van der Waals surface area (Å²) in [6.07, 6.45) is 3.50. The molecule has 0 aliphatic rings. The number of hydrogen-bond acceptors (Lipinski definition) is 1. The molecule has 1 unspecified atom stereocenters. The van der Waals surface area contributed by atoms with Crippen LogP contribution in [0.15, 0.2) is 30.6 Å². The minimum Gasteiger partial charge on any atom is -0.265 e. The molecule has 3 heteroatoms. The molecular formula is C9H17ClNP. The first-order chi connectivity index (χ1) is 5.00. The van der Waals surface area contributed by atoms with E-state index in [-0.39, 0.29) is 12.4 Å². The van der Waals surface area contributed by atoms with Gasteiger partial charge in [-0.3, -0.25) is 4.98 Å². The Morgan fingerprint density at radius 1 is 1.00 bits per heavy atom. The Morgan fingerprint density at radius 3 is 1.42 bits per heavy atom. The van der Waals surface area contributed by atoms with Crippen molar-refractivity contribution in [3.05, 3.63) is 30.6 Å². The van der Waals surface area contributed by atoms with Crippen LogP contribution in [-0.4, -0.2) is 10.1 Å². The maximum Gasteiger partial charge on any atom is 0.0267 e. The molecule has 0 amide bonds. The van der Waals surface area contributed by atoms with E-state index in [0.717, 1.165) is 0 Å². The fourth-order valence-corrected chi connectivity index (χ4v) is 0.313. The van der Waals surface area contributed by atoms with Gasteiger partial charge in [-0.2, -0.15) is 0 Å². The molecule has 1 atom stereocenters. The lowest BCUT2D eigenvalue weighted by Gasteiger charge is -2.05. The van der Waals surface area contributed by atoms with E-state index in [9.17, 15) is 0 Å². The van der Waals surface area contributed by atoms with Gasteiger partial charge in [-0.25, -0.2) is 0 Å². The molecule has 1 nitrogen and oxygen atoms in total. The molecule has 12 heavy (non-hydrogen) atoms. The molecule has 0 aliphatic heterocycles. The van der Waals surface area contributed by atoms with Crippen LogP contribution in [0.5, 0.6) is 0 Å². The van der Waals surface area contributed by atoms with Gasteiger partial charge in [0.15, 0.2) is 0 Å². The summed E-state index contributed by atoms with van der Waals surface area (Å²) in [6.45, 7) is 6.45. The number of hydrogen-bond donors (Lipinski definition) is 0. The molecule has 0 fully saturated rings. The predicted octanol–water partition coefficient (Wildman–Crippen LogP) is 3.16. The van der Waals surface area contributed by atoms with Gasteiger partial charge in [-0.15, -0.1) is 21.6 Å². The zero-order chi connectivity index (χ0) is 8.74. The monoisotopic (exact) mass is 205 g/mol. The predicted molar refractivity (Wildman–Crippen MR) is 60.9 cm³/mol. The van der Waals surface area contributed by atoms with Gasteiger partial charge in [0.25, 0.3) is 0 Å². The topological polar surface area (TPSA) is 12.9 Å². The van der Waals surface area contributed by atoms with E-state index in [1.54, 1.807) is 12.4 Å². The highest BCUT2D eigenvalue weighted by Gasteiger charge is 1.95. The second kappa shape index (κ2) is 7.52. The zero-order valence-electron chi connectivity index (χ0n) is 7.82. The van der Waals surface area contributed by atoms with Crippen LogP contribution < -0.4 is 0 Å². The summed E-state index contributed by atoms with van der Waals surface area (Å²) in [5.41, 5.74) is 0. The molecular weight excluding hydrogens is 189 g/mol. The normalized spacial score (nSPS) is 9.00. The molecule has 0 saturated heterocycles. The molecule has 1 heterocycles. The molecule has 70 valence electrons. The molecule has 0 aliphatic carbocycles. The third-order valence-corrected chi connectivity index (χ3v) is 0.566. The summed E-state index contributed by atoms with van der Waals surface area (Å²) in [4.78, 5) is 3.78. The van der Waals surface area contributed by atoms with E-state index in [0.29, 0.717) is 5.16 Å². The molecule has 0 bridgehead atoms. The summed E-state index contributed by atoms with van der Waals surface area (Å²) < 4.78 is 0. The molecule has 0 aromatic carbocycles. The van der Waals surface area contributed by atoms with Crippen LogP contribution in [0, 0.1) is 0 Å². The molecule has 1 aromatic heterocycles. The van der Waals surface area contributed by atoms with Crippen molar-refractivity contribution < 1.29 is 0 Å². The minimum atomic E-state index is 0. The summed E-state index contributed by atoms with van der Waals surface area (Å²) in [5, 5.41) is 0.417. The van der Waals surface area contributed by atoms with Crippen molar-refractivity contribution in [1.82, 2.24) is 4.98 Å². The Kier molecular flexibility index (Phi) is 9.02. The second-order valence-electron chi connectivity index (χ2n) is 3.39. The maximum absolute atomic E-state index is 3.78. The van der Waals surface area contributed by atoms with Gasteiger partial charge in [0.1, 0.15) is 0 Å². The average Bonchev–Trinajstić information content (AvgIpc) is 1.88. The largest absolute Gasteiger partial charge is 0.265 e. The number of rotatable bonds is 0. The lowest BCUT2D eigenvalue weighted by Crippen LogP contribution is -1.97. The molecule has 1 rings (SSSR count). The summed E-state index contributed by atoms with van der Waals surface area (Å²) in [7, 11) is 2.72. The van der Waals surface area contributed by atoms with Gasteiger partial charge in [-0.05, 0) is 17.3 Å². The maximum atomic E-state index is 3.78. The SMILES string of the molecule is CC(C)(C)P.Cl.c1ccncc1. The molecule has 0 N–H and O–H groups in total. The molecule has 0 radical (unpaired) electrons. The number of nitrogens with zero attached hydrogens (tertiary/aromatic N) is 1. The van der Waals surface area contributed by atoms with Crippen LogP contribution >= 0.6 is 21.6 Å². The van der Waals surface area contributed by atoms with Crippen molar-refractivity contribution in [2.24, 2.45) is 0 Å². The van der Waals surface area contributed by atoms with E-state index >= 15 is 0 Å². The van der Waals surface area contributed by atoms with Crippen LogP contribution in [0.3, 0.4) is 0 Å². The highest BCUT2D eigenvalue weighted by molar-refractivity contribution is 7.18. The van der Waals surface area contributed by atoms with Crippen molar-refractivity contribution >= 4 is 21.6 Å². The van der Waals surface area contributed by atoms with Gasteiger partial charge < -0.3 is 0 Å². The van der Waals surface area contributed by atoms with E-state index in [1.165, 1.54) is 0 Å². The highest BCUT2D eigenvalue weighted by atomic mass is 35.5. The Morgan fingerprint density at radius 2 is 1.33 bits per heavy atom. The number of pyridine rings is 1. The zero-order valence-corrected chi connectivity index (χ0v) is 9.79. The molecule has 0 spiro atoms. The fraction of sp³-hybridized carbons (Fsp3) is 0.444. The lowest BCUT2D eigenvalue weighted by molar-refractivity contribution is 0.804. The first kappa shape index (κ1) is 14.4. The van der Waals surface area contributed by atoms with E-state index in [2.05, 4.69) is 35.0 Å². The van der Waals surface area contributed by atoms with Crippen molar-refractivity contribution in [1.29, 1.82) is 0 Å². The van der Waals surface area contributed by atoms with Gasteiger partial charge >= 0.3 is 0 Å². The number of halogens is 1. The van der Waals surface area contributed by atoms with Gasteiger partial charge in [0.2, 0.25) is 0 Å². The Balaban J connectivity index is 0. The average molecular weight is 206 g/mol. The van der Waals surface area contributed by atoms with Gasteiger partial charge in [-0.1, -0.05) is 26.8 Å². The van der Waals surface area contributed by atoms with Crippen molar-refractivity contribution in [2.75, 3.05) is 0 Å². The Hall–Kier alpha value is -0.130. The van der Waals surface area contributed by atoms with Crippen LogP contribution in [-0.2, 0) is 0 Å². The quantitative estimate of drug-likeness (QED) is 0.593. The van der Waals surface area contributed by atoms with E-state index in [4.69, 9.17) is 0 Å². The second-order valence-corrected chi connectivity index (χ2v) is 5.12. The summed E-state index contributed by atoms with van der Waals surface area (Å²) >= 11 is 0. The molecule has 1 aromatic rings. The Bertz CT molecular complexity index is 139. The third kappa shape index (κ3) is 22.5. The first-order valence-corrected chi connectivity index (χ1v) is 4.22. The van der Waals surface area contributed by atoms with E-state index < -0.39 is 0 Å². The summed E-state index contributed by atoms with van der Waals surface area (Å²) in [5.74, 6) is 0. The molecule has 0 saturated carbocycles. The first-order valence-electron chi connectivity index (χ1n) is 3.64. The van der Waals surface area contributed by atoms with Crippen LogP contribution in [0.1, 0.15) is 20.8 Å². The van der Waals surface area contributed by atoms with Crippen molar-refractivity contribution in [3.8, 4) is 0 Å². The highest BCUT2D eigenvalue weighted by Crippen LogP contribution is 2.12. The van der Waals surface area contributed by atoms with E-state index in [1.807, 2.05) is 18.2 Å². The number of aromatic nitrogens is 1. The smallest absolute Gasteiger partial charge is 0.0267 e. The van der Waals surface area contributed by atoms with Gasteiger partial charge in [0, 0.05) is 12.4 Å². The lowest BCUT2D eigenvalue weighted by atomic mass is 10.3. The third-order valence-electron chi connectivity index (χ3n) is 0.566. The standard InChI is InChI=1S/C5H5N.C4H11P.ClH/c1-2-4-6-5-3-1;1-4(2,3)5;/h1-5H;5H2,1-3H3;1H. The van der Waals surface area contributed by atoms with Crippen molar-refractivity contribution in [2.45, 2.75) is 25.9 Å². The van der Waals surface area contributed by atoms with Crippen LogP contribution in [0.25, 0.3) is 0 Å².